The molecule has 1 aliphatic rings. The first kappa shape index (κ1) is 16.6. The lowest BCUT2D eigenvalue weighted by Gasteiger charge is -2.33. The monoisotopic (exact) mass is 327 g/mol. The van der Waals surface area contributed by atoms with Crippen LogP contribution >= 0.6 is 0 Å². The highest BCUT2D eigenvalue weighted by Crippen LogP contribution is 2.22. The predicted octanol–water partition coefficient (Wildman–Crippen LogP) is 3.62. The fourth-order valence-corrected chi connectivity index (χ4v) is 3.29. The number of anilines is 1. The minimum atomic E-state index is 0.0258. The number of nitrogens with zero attached hydrogens (tertiary/aromatic N) is 2. The molecule has 2 heterocycles. The summed E-state index contributed by atoms with van der Waals surface area (Å²) in [6, 6.07) is 6.68. The lowest BCUT2D eigenvalue weighted by Crippen LogP contribution is -2.45. The largest absolute Gasteiger partial charge is 0.381 e. The highest BCUT2D eigenvalue weighted by atomic mass is 16.5. The van der Waals surface area contributed by atoms with E-state index < -0.39 is 0 Å². The number of carbonyl (C=O) groups is 1. The van der Waals surface area contributed by atoms with Gasteiger partial charge in [0, 0.05) is 24.8 Å². The minimum Gasteiger partial charge on any atom is -0.381 e. The number of benzene rings is 1. The van der Waals surface area contributed by atoms with E-state index in [1.807, 2.05) is 11.8 Å². The van der Waals surface area contributed by atoms with Crippen LogP contribution in [0.15, 0.2) is 22.7 Å². The zero-order chi connectivity index (χ0) is 17.3. The molecule has 0 spiro atoms. The van der Waals surface area contributed by atoms with E-state index in [2.05, 4.69) is 42.5 Å². The molecule has 5 nitrogen and oxygen atoms in total. The molecule has 1 aromatic heterocycles. The zero-order valence-electron chi connectivity index (χ0n) is 14.8. The topological polar surface area (TPSA) is 58.4 Å². The summed E-state index contributed by atoms with van der Waals surface area (Å²) < 4.78 is 5.14. The Balaban J connectivity index is 1.70. The van der Waals surface area contributed by atoms with Gasteiger partial charge in [0.25, 0.3) is 5.91 Å². The van der Waals surface area contributed by atoms with Crippen molar-refractivity contribution in [3.8, 4) is 0 Å². The van der Waals surface area contributed by atoms with Crippen molar-refractivity contribution in [1.29, 1.82) is 0 Å². The second-order valence-electron chi connectivity index (χ2n) is 6.73. The number of hydrogen-bond donors (Lipinski definition) is 1. The summed E-state index contributed by atoms with van der Waals surface area (Å²) in [5.41, 5.74) is 4.97. The van der Waals surface area contributed by atoms with Crippen LogP contribution in [-0.2, 0) is 0 Å². The average Bonchev–Trinajstić information content (AvgIpc) is 2.89. The molecule has 1 atom stereocenters. The number of hydrogen-bond acceptors (Lipinski definition) is 4. The molecule has 5 heteroatoms. The van der Waals surface area contributed by atoms with E-state index in [1.165, 1.54) is 11.1 Å². The van der Waals surface area contributed by atoms with Gasteiger partial charge in [0.2, 0.25) is 0 Å². The van der Waals surface area contributed by atoms with Crippen LogP contribution in [-0.4, -0.2) is 35.1 Å². The number of piperidine rings is 1. The Bertz CT molecular complexity index is 732. The molecule has 1 unspecified atom stereocenters. The summed E-state index contributed by atoms with van der Waals surface area (Å²) in [5, 5.41) is 7.47. The normalized spacial score (nSPS) is 17.8. The Hall–Kier alpha value is -2.30. The molecule has 24 heavy (non-hydrogen) atoms. The number of aryl methyl sites for hydroxylation is 4. The molecule has 128 valence electrons. The highest BCUT2D eigenvalue weighted by Gasteiger charge is 2.28. The summed E-state index contributed by atoms with van der Waals surface area (Å²) in [7, 11) is 0. The van der Waals surface area contributed by atoms with Gasteiger partial charge in [-0.05, 0) is 63.8 Å². The first-order valence-corrected chi connectivity index (χ1v) is 8.51. The number of aromatic nitrogens is 1. The van der Waals surface area contributed by atoms with Gasteiger partial charge in [-0.25, -0.2) is 0 Å². The van der Waals surface area contributed by atoms with Gasteiger partial charge < -0.3 is 14.7 Å². The molecule has 1 aliphatic heterocycles. The first-order valence-electron chi connectivity index (χ1n) is 8.51. The third-order valence-corrected chi connectivity index (χ3v) is 4.83. The van der Waals surface area contributed by atoms with E-state index in [1.54, 1.807) is 6.92 Å². The van der Waals surface area contributed by atoms with E-state index >= 15 is 0 Å². The maximum absolute atomic E-state index is 12.8. The van der Waals surface area contributed by atoms with Crippen LogP contribution in [0.4, 0.5) is 5.69 Å². The van der Waals surface area contributed by atoms with Crippen LogP contribution in [0.1, 0.15) is 45.8 Å². The van der Waals surface area contributed by atoms with Crippen molar-refractivity contribution in [1.82, 2.24) is 10.1 Å². The molecule has 1 aromatic carbocycles. The predicted molar refractivity (Wildman–Crippen MR) is 94.4 cm³/mol. The molecule has 0 radical (unpaired) electrons. The van der Waals surface area contributed by atoms with Gasteiger partial charge in [-0.15, -0.1) is 0 Å². The molecule has 0 aliphatic carbocycles. The number of amides is 1. The molecule has 1 saturated heterocycles. The minimum absolute atomic E-state index is 0.0258. The van der Waals surface area contributed by atoms with E-state index in [4.69, 9.17) is 4.52 Å². The van der Waals surface area contributed by atoms with Crippen molar-refractivity contribution in [2.24, 2.45) is 0 Å². The van der Waals surface area contributed by atoms with Crippen LogP contribution in [0, 0.1) is 27.7 Å². The number of rotatable bonds is 3. The average molecular weight is 327 g/mol. The van der Waals surface area contributed by atoms with E-state index in [9.17, 15) is 4.79 Å². The molecular formula is C19H25N3O2. The Morgan fingerprint density at radius 3 is 2.71 bits per heavy atom. The van der Waals surface area contributed by atoms with Crippen molar-refractivity contribution in [3.05, 3.63) is 46.3 Å². The second-order valence-corrected chi connectivity index (χ2v) is 6.73. The Morgan fingerprint density at radius 2 is 2.04 bits per heavy atom. The molecule has 1 amide bonds. The number of carbonyl (C=O) groups excluding carboxylic acids is 1. The van der Waals surface area contributed by atoms with Gasteiger partial charge in [-0.2, -0.15) is 0 Å². The SMILES string of the molecule is Cc1ccc(NC2CCCN(C(=O)c3c(C)noc3C)C2)cc1C. The number of likely N-dealkylation sites (tertiary alicyclic amines) is 1. The molecule has 0 bridgehead atoms. The van der Waals surface area contributed by atoms with Crippen LogP contribution in [0.3, 0.4) is 0 Å². The lowest BCUT2D eigenvalue weighted by atomic mass is 10.0. The fourth-order valence-electron chi connectivity index (χ4n) is 3.29. The van der Waals surface area contributed by atoms with Gasteiger partial charge in [0.05, 0.1) is 5.69 Å². The summed E-state index contributed by atoms with van der Waals surface area (Å²) in [6.07, 6.45) is 2.07. The van der Waals surface area contributed by atoms with Gasteiger partial charge in [0.15, 0.2) is 0 Å². The fraction of sp³-hybridized carbons (Fsp3) is 0.474. The third-order valence-electron chi connectivity index (χ3n) is 4.83. The summed E-state index contributed by atoms with van der Waals surface area (Å²) in [5.74, 6) is 0.625. The molecule has 0 saturated carbocycles. The zero-order valence-corrected chi connectivity index (χ0v) is 14.8. The maximum Gasteiger partial charge on any atom is 0.259 e. The summed E-state index contributed by atoms with van der Waals surface area (Å²) in [4.78, 5) is 14.7. The Labute approximate surface area is 143 Å². The van der Waals surface area contributed by atoms with Crippen molar-refractivity contribution in [3.63, 3.8) is 0 Å². The third kappa shape index (κ3) is 3.30. The van der Waals surface area contributed by atoms with Crippen molar-refractivity contribution >= 4 is 11.6 Å². The van der Waals surface area contributed by atoms with Gasteiger partial charge in [-0.1, -0.05) is 11.2 Å². The smallest absolute Gasteiger partial charge is 0.259 e. The Kier molecular flexibility index (Phi) is 4.60. The molecule has 1 fully saturated rings. The van der Waals surface area contributed by atoms with Crippen molar-refractivity contribution in [2.45, 2.75) is 46.6 Å². The van der Waals surface area contributed by atoms with Crippen LogP contribution in [0.2, 0.25) is 0 Å². The highest BCUT2D eigenvalue weighted by molar-refractivity contribution is 5.96. The van der Waals surface area contributed by atoms with Crippen LogP contribution in [0.25, 0.3) is 0 Å². The second kappa shape index (κ2) is 6.67. The molecule has 1 N–H and O–H groups in total. The van der Waals surface area contributed by atoms with Gasteiger partial charge >= 0.3 is 0 Å². The van der Waals surface area contributed by atoms with Gasteiger partial charge in [-0.3, -0.25) is 4.79 Å². The maximum atomic E-state index is 12.8. The summed E-state index contributed by atoms with van der Waals surface area (Å²) in [6.45, 7) is 9.34. The van der Waals surface area contributed by atoms with Crippen LogP contribution < -0.4 is 5.32 Å². The van der Waals surface area contributed by atoms with Crippen molar-refractivity contribution < 1.29 is 9.32 Å². The quantitative estimate of drug-likeness (QED) is 0.935. The van der Waals surface area contributed by atoms with Gasteiger partial charge in [0.1, 0.15) is 11.3 Å². The number of nitrogens with one attached hydrogen (secondary N) is 1. The standard InChI is InChI=1S/C19H25N3O2/c1-12-7-8-16(10-13(12)2)20-17-6-5-9-22(11-17)19(23)18-14(3)21-24-15(18)4/h7-8,10,17,20H,5-6,9,11H2,1-4H3. The molecule has 2 aromatic rings. The lowest BCUT2D eigenvalue weighted by molar-refractivity contribution is 0.0712. The Morgan fingerprint density at radius 1 is 1.25 bits per heavy atom. The van der Waals surface area contributed by atoms with E-state index in [0.29, 0.717) is 23.6 Å². The summed E-state index contributed by atoms with van der Waals surface area (Å²) >= 11 is 0. The van der Waals surface area contributed by atoms with E-state index in [0.717, 1.165) is 25.1 Å². The van der Waals surface area contributed by atoms with Crippen LogP contribution in [0.5, 0.6) is 0 Å². The van der Waals surface area contributed by atoms with Crippen molar-refractivity contribution in [2.75, 3.05) is 18.4 Å². The molecule has 3 rings (SSSR count). The van der Waals surface area contributed by atoms with E-state index in [-0.39, 0.29) is 11.9 Å². The molecular weight excluding hydrogens is 302 g/mol. The first-order chi connectivity index (χ1) is 11.5.